The maximum absolute atomic E-state index is 11.3. The minimum absolute atomic E-state index is 0.331. The molecule has 2 bridgehead atoms. The average Bonchev–Trinajstić information content (AvgIpc) is 3.15. The molecule has 1 N–H and O–H groups in total. The van der Waals surface area contributed by atoms with Crippen molar-refractivity contribution in [3.05, 3.63) is 53.9 Å². The van der Waals surface area contributed by atoms with Gasteiger partial charge in [0.25, 0.3) is 0 Å². The highest BCUT2D eigenvalue weighted by Gasteiger charge is 2.48. The van der Waals surface area contributed by atoms with Crippen molar-refractivity contribution in [2.75, 3.05) is 0 Å². The summed E-state index contributed by atoms with van der Waals surface area (Å²) in [5.41, 5.74) is 1.64. The molecule has 4 heteroatoms. The Morgan fingerprint density at radius 2 is 1.83 bits per heavy atom. The molecule has 2 atom stereocenters. The van der Waals surface area contributed by atoms with E-state index >= 15 is 0 Å². The number of nitrogens with zero attached hydrogens (tertiary/aromatic N) is 3. The van der Waals surface area contributed by atoms with Crippen LogP contribution in [-0.4, -0.2) is 31.9 Å². The topological polar surface area (TPSA) is 41.3 Å². The first-order valence-corrected chi connectivity index (χ1v) is 9.12. The maximum Gasteiger partial charge on any atom is 0.0956 e. The molecule has 128 valence electrons. The van der Waals surface area contributed by atoms with Gasteiger partial charge in [-0.3, -0.25) is 9.58 Å². The van der Waals surface area contributed by atoms with E-state index in [0.29, 0.717) is 18.1 Å². The summed E-state index contributed by atoms with van der Waals surface area (Å²) < 4.78 is 1.95. The number of aromatic nitrogens is 2. The summed E-state index contributed by atoms with van der Waals surface area (Å²) in [5.74, 6) is 0. The lowest BCUT2D eigenvalue weighted by atomic mass is 9.81. The third kappa shape index (κ3) is 2.78. The van der Waals surface area contributed by atoms with Crippen molar-refractivity contribution in [2.24, 2.45) is 0 Å². The summed E-state index contributed by atoms with van der Waals surface area (Å²) in [6.45, 7) is 5.23. The summed E-state index contributed by atoms with van der Waals surface area (Å²) in [4.78, 5) is 2.61. The Morgan fingerprint density at radius 3 is 2.42 bits per heavy atom. The lowest BCUT2D eigenvalue weighted by molar-refractivity contribution is -0.0595. The van der Waals surface area contributed by atoms with Gasteiger partial charge in [0.15, 0.2) is 0 Å². The molecular formula is C20H27N3O. The molecule has 0 radical (unpaired) electrons. The Hall–Kier alpha value is -1.65. The van der Waals surface area contributed by atoms with E-state index in [1.165, 1.54) is 18.4 Å². The number of rotatable bonds is 4. The molecule has 4 rings (SSSR count). The zero-order valence-corrected chi connectivity index (χ0v) is 14.6. The van der Waals surface area contributed by atoms with Gasteiger partial charge in [-0.2, -0.15) is 5.10 Å². The van der Waals surface area contributed by atoms with Gasteiger partial charge in [0, 0.05) is 36.4 Å². The summed E-state index contributed by atoms with van der Waals surface area (Å²) in [6.07, 6.45) is 7.93. The number of fused-ring (bicyclic) bond motifs is 2. The third-order valence-electron chi connectivity index (χ3n) is 5.79. The fourth-order valence-corrected chi connectivity index (χ4v) is 4.47. The maximum atomic E-state index is 11.3. The predicted molar refractivity (Wildman–Crippen MR) is 94.5 cm³/mol. The fourth-order valence-electron chi connectivity index (χ4n) is 4.47. The van der Waals surface area contributed by atoms with Crippen LogP contribution in [0.4, 0.5) is 0 Å². The summed E-state index contributed by atoms with van der Waals surface area (Å²) in [5, 5.41) is 15.8. The van der Waals surface area contributed by atoms with Crippen LogP contribution in [0.1, 0.15) is 56.7 Å². The monoisotopic (exact) mass is 325 g/mol. The zero-order chi connectivity index (χ0) is 16.7. The van der Waals surface area contributed by atoms with Crippen molar-refractivity contribution < 1.29 is 5.11 Å². The second kappa shape index (κ2) is 6.01. The molecule has 1 aromatic heterocycles. The van der Waals surface area contributed by atoms with Gasteiger partial charge in [0.2, 0.25) is 0 Å². The first-order valence-electron chi connectivity index (χ1n) is 9.12. The summed E-state index contributed by atoms with van der Waals surface area (Å²) in [6, 6.07) is 12.0. The van der Waals surface area contributed by atoms with Gasteiger partial charge in [-0.25, -0.2) is 0 Å². The first kappa shape index (κ1) is 15.9. The average molecular weight is 325 g/mol. The normalized spacial score (nSPS) is 30.2. The molecule has 2 saturated heterocycles. The van der Waals surface area contributed by atoms with Crippen LogP contribution in [0.5, 0.6) is 0 Å². The molecule has 0 aliphatic carbocycles. The van der Waals surface area contributed by atoms with Gasteiger partial charge < -0.3 is 5.11 Å². The molecule has 1 aromatic carbocycles. The highest BCUT2D eigenvalue weighted by Crippen LogP contribution is 2.46. The van der Waals surface area contributed by atoms with Crippen molar-refractivity contribution in [1.82, 2.24) is 14.7 Å². The van der Waals surface area contributed by atoms with E-state index in [9.17, 15) is 5.11 Å². The number of benzene rings is 1. The van der Waals surface area contributed by atoms with Gasteiger partial charge in [0.05, 0.1) is 11.8 Å². The van der Waals surface area contributed by atoms with Crippen molar-refractivity contribution in [3.63, 3.8) is 0 Å². The number of piperidine rings is 1. The molecule has 2 aromatic rings. The van der Waals surface area contributed by atoms with Gasteiger partial charge in [-0.05, 0) is 45.1 Å². The van der Waals surface area contributed by atoms with Crippen LogP contribution in [0.3, 0.4) is 0 Å². The second-order valence-electron chi connectivity index (χ2n) is 7.79. The molecule has 2 unspecified atom stereocenters. The Bertz CT molecular complexity index is 680. The van der Waals surface area contributed by atoms with E-state index in [-0.39, 0.29) is 0 Å². The highest BCUT2D eigenvalue weighted by molar-refractivity contribution is 5.21. The SMILES string of the molecule is CC(C)n1cc(C2(O)CC3CCC(C2)N3Cc2ccccc2)cn1. The standard InChI is InChI=1S/C20H27N3O/c1-15(2)23-14-17(12-21-23)20(24)10-18-8-9-19(11-20)22(18)13-16-6-4-3-5-7-16/h3-7,12,14-15,18-19,24H,8-11,13H2,1-2H3. The van der Waals surface area contributed by atoms with Crippen LogP contribution in [0.2, 0.25) is 0 Å². The van der Waals surface area contributed by atoms with Gasteiger partial charge in [0.1, 0.15) is 0 Å². The van der Waals surface area contributed by atoms with E-state index in [4.69, 9.17) is 0 Å². The van der Waals surface area contributed by atoms with E-state index in [0.717, 1.165) is 24.9 Å². The van der Waals surface area contributed by atoms with Crippen molar-refractivity contribution in [3.8, 4) is 0 Å². The second-order valence-corrected chi connectivity index (χ2v) is 7.79. The number of hydrogen-bond donors (Lipinski definition) is 1. The first-order chi connectivity index (χ1) is 11.5. The zero-order valence-electron chi connectivity index (χ0n) is 14.6. The predicted octanol–water partition coefficient (Wildman–Crippen LogP) is 3.48. The van der Waals surface area contributed by atoms with Gasteiger partial charge in [-0.1, -0.05) is 30.3 Å². The largest absolute Gasteiger partial charge is 0.385 e. The Labute approximate surface area is 144 Å². The highest BCUT2D eigenvalue weighted by atomic mass is 16.3. The summed E-state index contributed by atoms with van der Waals surface area (Å²) in [7, 11) is 0. The molecule has 2 aliphatic rings. The molecular weight excluding hydrogens is 298 g/mol. The van der Waals surface area contributed by atoms with Crippen LogP contribution in [0.25, 0.3) is 0 Å². The van der Waals surface area contributed by atoms with E-state index in [1.54, 1.807) is 0 Å². The van der Waals surface area contributed by atoms with Crippen LogP contribution in [-0.2, 0) is 12.1 Å². The molecule has 0 amide bonds. The van der Waals surface area contributed by atoms with Crippen molar-refractivity contribution in [1.29, 1.82) is 0 Å². The molecule has 0 spiro atoms. The van der Waals surface area contributed by atoms with Crippen LogP contribution in [0.15, 0.2) is 42.7 Å². The molecule has 2 fully saturated rings. The smallest absolute Gasteiger partial charge is 0.0956 e. The fraction of sp³-hybridized carbons (Fsp3) is 0.550. The minimum atomic E-state index is -0.716. The van der Waals surface area contributed by atoms with E-state index in [1.807, 2.05) is 17.1 Å². The number of hydrogen-bond acceptors (Lipinski definition) is 3. The molecule has 2 aliphatic heterocycles. The minimum Gasteiger partial charge on any atom is -0.385 e. The van der Waals surface area contributed by atoms with E-state index < -0.39 is 5.60 Å². The Morgan fingerprint density at radius 1 is 1.17 bits per heavy atom. The van der Waals surface area contributed by atoms with Crippen molar-refractivity contribution in [2.45, 2.75) is 69.8 Å². The molecule has 0 saturated carbocycles. The Balaban J connectivity index is 1.52. The molecule has 3 heterocycles. The van der Waals surface area contributed by atoms with Crippen LogP contribution >= 0.6 is 0 Å². The van der Waals surface area contributed by atoms with Crippen LogP contribution in [0, 0.1) is 0 Å². The van der Waals surface area contributed by atoms with Crippen LogP contribution < -0.4 is 0 Å². The van der Waals surface area contributed by atoms with Gasteiger partial charge >= 0.3 is 0 Å². The lowest BCUT2D eigenvalue weighted by Gasteiger charge is -2.43. The van der Waals surface area contributed by atoms with Gasteiger partial charge in [-0.15, -0.1) is 0 Å². The quantitative estimate of drug-likeness (QED) is 0.936. The Kier molecular flexibility index (Phi) is 3.97. The molecule has 24 heavy (non-hydrogen) atoms. The number of aliphatic hydroxyl groups is 1. The third-order valence-corrected chi connectivity index (χ3v) is 5.79. The van der Waals surface area contributed by atoms with E-state index in [2.05, 4.69) is 54.2 Å². The lowest BCUT2D eigenvalue weighted by Crippen LogP contribution is -2.49. The van der Waals surface area contributed by atoms with Crippen molar-refractivity contribution >= 4 is 0 Å². The summed E-state index contributed by atoms with van der Waals surface area (Å²) >= 11 is 0. The molecule has 4 nitrogen and oxygen atoms in total.